The Kier molecular flexibility index (Phi) is 4.21. The number of nitrogens with zero attached hydrogens (tertiary/aromatic N) is 3. The maximum atomic E-state index is 14.7. The molecule has 1 aromatic carbocycles. The maximum absolute atomic E-state index is 14.7. The number of thiazole rings is 1. The summed E-state index contributed by atoms with van der Waals surface area (Å²) in [4.78, 5) is 7.05. The van der Waals surface area contributed by atoms with Crippen LogP contribution in [-0.4, -0.2) is 32.3 Å². The van der Waals surface area contributed by atoms with E-state index in [2.05, 4.69) is 17.0 Å². The van der Waals surface area contributed by atoms with Crippen molar-refractivity contribution in [3.63, 3.8) is 0 Å². The fraction of sp³-hybridized carbons (Fsp3) is 0.444. The van der Waals surface area contributed by atoms with E-state index < -0.39 is 0 Å². The summed E-state index contributed by atoms with van der Waals surface area (Å²) >= 11 is 1.40. The number of aryl methyl sites for hydroxylation is 1. The molecule has 0 amide bonds. The SMILES string of the molecule is Cc1nc2sc([C@H](c3ccccc3F)[NH+]3CCCC[C@@H]3C)c(O)n2n1. The van der Waals surface area contributed by atoms with Gasteiger partial charge in [-0.15, -0.1) is 5.10 Å². The van der Waals surface area contributed by atoms with Crippen molar-refractivity contribution in [2.24, 2.45) is 0 Å². The second-order valence-corrected chi connectivity index (χ2v) is 7.83. The predicted molar refractivity (Wildman–Crippen MR) is 94.7 cm³/mol. The lowest BCUT2D eigenvalue weighted by Gasteiger charge is -2.36. The Hall–Kier alpha value is -1.99. The second kappa shape index (κ2) is 6.38. The predicted octanol–water partition coefficient (Wildman–Crippen LogP) is 2.49. The number of aromatic nitrogens is 3. The molecular formula is C18H22FN4OS+. The van der Waals surface area contributed by atoms with Crippen molar-refractivity contribution in [3.8, 4) is 5.88 Å². The first-order chi connectivity index (χ1) is 12.1. The lowest BCUT2D eigenvalue weighted by Crippen LogP contribution is -3.16. The number of likely N-dealkylation sites (tertiary alicyclic amines) is 1. The molecule has 7 heteroatoms. The first kappa shape index (κ1) is 16.5. The van der Waals surface area contributed by atoms with Crippen molar-refractivity contribution < 1.29 is 14.4 Å². The molecule has 0 aliphatic carbocycles. The number of aromatic hydroxyl groups is 1. The van der Waals surface area contributed by atoms with E-state index in [9.17, 15) is 9.50 Å². The van der Waals surface area contributed by atoms with Crippen LogP contribution in [0.15, 0.2) is 24.3 Å². The monoisotopic (exact) mass is 361 g/mol. The van der Waals surface area contributed by atoms with Crippen LogP contribution in [0.1, 0.15) is 48.5 Å². The number of nitrogens with one attached hydrogen (secondary N) is 1. The Morgan fingerprint density at radius 2 is 2.16 bits per heavy atom. The zero-order valence-electron chi connectivity index (χ0n) is 14.4. The molecule has 3 heterocycles. The number of fused-ring (bicyclic) bond motifs is 1. The van der Waals surface area contributed by atoms with E-state index in [1.54, 1.807) is 13.0 Å². The number of rotatable bonds is 3. The Balaban J connectivity index is 1.88. The van der Waals surface area contributed by atoms with Gasteiger partial charge >= 0.3 is 0 Å². The highest BCUT2D eigenvalue weighted by Gasteiger charge is 2.38. The van der Waals surface area contributed by atoms with Gasteiger partial charge in [0.1, 0.15) is 16.5 Å². The number of halogens is 1. The third kappa shape index (κ3) is 2.81. The van der Waals surface area contributed by atoms with Crippen LogP contribution < -0.4 is 4.90 Å². The average molecular weight is 361 g/mol. The van der Waals surface area contributed by atoms with Gasteiger partial charge in [0, 0.05) is 0 Å². The van der Waals surface area contributed by atoms with Crippen LogP contribution in [0.2, 0.25) is 0 Å². The molecule has 1 fully saturated rings. The summed E-state index contributed by atoms with van der Waals surface area (Å²) in [7, 11) is 0. The largest absolute Gasteiger partial charge is 0.492 e. The van der Waals surface area contributed by atoms with Crippen LogP contribution in [0, 0.1) is 12.7 Å². The van der Waals surface area contributed by atoms with Gasteiger partial charge in [-0.3, -0.25) is 0 Å². The fourth-order valence-corrected chi connectivity index (χ4v) is 5.06. The third-order valence-corrected chi connectivity index (χ3v) is 6.23. The van der Waals surface area contributed by atoms with Crippen molar-refractivity contribution in [1.29, 1.82) is 0 Å². The lowest BCUT2D eigenvalue weighted by molar-refractivity contribution is -0.952. The molecule has 1 aliphatic heterocycles. The first-order valence-electron chi connectivity index (χ1n) is 8.71. The summed E-state index contributed by atoms with van der Waals surface area (Å²) < 4.78 is 16.1. The molecule has 0 saturated carbocycles. The van der Waals surface area contributed by atoms with Crippen LogP contribution in [0.25, 0.3) is 4.96 Å². The van der Waals surface area contributed by atoms with Gasteiger partial charge < -0.3 is 10.0 Å². The number of hydrogen-bond donors (Lipinski definition) is 2. The highest BCUT2D eigenvalue weighted by atomic mass is 32.1. The van der Waals surface area contributed by atoms with E-state index in [0.717, 1.165) is 24.3 Å². The molecule has 1 saturated heterocycles. The Bertz CT molecular complexity index is 906. The minimum Gasteiger partial charge on any atom is -0.492 e. The van der Waals surface area contributed by atoms with Crippen LogP contribution >= 0.6 is 11.3 Å². The van der Waals surface area contributed by atoms with Gasteiger partial charge in [-0.1, -0.05) is 23.5 Å². The molecule has 0 bridgehead atoms. The van der Waals surface area contributed by atoms with Crippen molar-refractivity contribution >= 4 is 16.3 Å². The molecule has 3 aromatic rings. The Morgan fingerprint density at radius 3 is 2.88 bits per heavy atom. The van der Waals surface area contributed by atoms with E-state index >= 15 is 0 Å². The van der Waals surface area contributed by atoms with Crippen molar-refractivity contribution in [3.05, 3.63) is 46.3 Å². The summed E-state index contributed by atoms with van der Waals surface area (Å²) in [5.74, 6) is 0.473. The maximum Gasteiger partial charge on any atom is 0.235 e. The van der Waals surface area contributed by atoms with Gasteiger partial charge in [-0.25, -0.2) is 9.37 Å². The zero-order chi connectivity index (χ0) is 17.6. The minimum absolute atomic E-state index is 0.0825. The van der Waals surface area contributed by atoms with E-state index in [4.69, 9.17) is 0 Å². The molecule has 5 nitrogen and oxygen atoms in total. The second-order valence-electron chi connectivity index (χ2n) is 6.82. The molecule has 1 aliphatic rings. The number of piperidine rings is 1. The van der Waals surface area contributed by atoms with Gasteiger partial charge in [-0.2, -0.15) is 4.52 Å². The molecule has 1 unspecified atom stereocenters. The highest BCUT2D eigenvalue weighted by Crippen LogP contribution is 2.36. The van der Waals surface area contributed by atoms with Crippen LogP contribution in [0.4, 0.5) is 4.39 Å². The van der Waals surface area contributed by atoms with Crippen LogP contribution in [0.5, 0.6) is 5.88 Å². The topological polar surface area (TPSA) is 54.9 Å². The van der Waals surface area contributed by atoms with E-state index in [1.165, 1.54) is 33.2 Å². The number of benzene rings is 1. The summed E-state index contributed by atoms with van der Waals surface area (Å²) in [5.41, 5.74) is 0.628. The third-order valence-electron chi connectivity index (χ3n) is 5.14. The first-order valence-corrected chi connectivity index (χ1v) is 9.53. The Morgan fingerprint density at radius 1 is 1.36 bits per heavy atom. The van der Waals surface area contributed by atoms with Gasteiger partial charge in [0.05, 0.1) is 18.2 Å². The molecule has 0 spiro atoms. The van der Waals surface area contributed by atoms with Gasteiger partial charge in [0.2, 0.25) is 10.8 Å². The number of quaternary nitrogens is 1. The molecule has 4 rings (SSSR count). The fourth-order valence-electron chi connectivity index (χ4n) is 3.89. The van der Waals surface area contributed by atoms with Crippen molar-refractivity contribution in [2.45, 2.75) is 45.2 Å². The summed E-state index contributed by atoms with van der Waals surface area (Å²) in [6.07, 6.45) is 3.43. The standard InChI is InChI=1S/C18H21FN4OS/c1-11-7-5-6-10-22(11)15(13-8-3-4-9-14(13)19)16-17(24)23-18(25-16)20-12(2)21-23/h3-4,8-9,11,15,24H,5-7,10H2,1-2H3/p+1/t11-,15-/m0/s1. The molecule has 25 heavy (non-hydrogen) atoms. The lowest BCUT2D eigenvalue weighted by atomic mass is 9.96. The van der Waals surface area contributed by atoms with Crippen LogP contribution in [0.3, 0.4) is 0 Å². The summed E-state index contributed by atoms with van der Waals surface area (Å²) in [6.45, 7) is 4.97. The van der Waals surface area contributed by atoms with E-state index in [-0.39, 0.29) is 17.7 Å². The summed E-state index contributed by atoms with van der Waals surface area (Å²) in [6, 6.07) is 7.05. The highest BCUT2D eigenvalue weighted by molar-refractivity contribution is 7.17. The van der Waals surface area contributed by atoms with Gasteiger partial charge in [0.25, 0.3) is 0 Å². The minimum atomic E-state index is -0.245. The van der Waals surface area contributed by atoms with Crippen molar-refractivity contribution in [2.75, 3.05) is 6.54 Å². The smallest absolute Gasteiger partial charge is 0.235 e. The zero-order valence-corrected chi connectivity index (χ0v) is 15.2. The normalized spacial score (nSPS) is 22.4. The quantitative estimate of drug-likeness (QED) is 0.754. The Labute approximate surface area is 149 Å². The van der Waals surface area contributed by atoms with Crippen molar-refractivity contribution in [1.82, 2.24) is 14.6 Å². The van der Waals surface area contributed by atoms with Gasteiger partial charge in [-0.05, 0) is 45.2 Å². The van der Waals surface area contributed by atoms with E-state index in [1.807, 2.05) is 12.1 Å². The average Bonchev–Trinajstić information content (AvgIpc) is 3.09. The van der Waals surface area contributed by atoms with Crippen LogP contribution in [-0.2, 0) is 0 Å². The van der Waals surface area contributed by atoms with E-state index in [0.29, 0.717) is 22.4 Å². The molecule has 3 atom stereocenters. The number of hydrogen-bond acceptors (Lipinski definition) is 4. The van der Waals surface area contributed by atoms with Gasteiger partial charge in [0.15, 0.2) is 6.04 Å². The molecule has 2 aromatic heterocycles. The molecular weight excluding hydrogens is 339 g/mol. The molecule has 132 valence electrons. The molecule has 0 radical (unpaired) electrons. The molecule has 2 N–H and O–H groups in total. The summed E-state index contributed by atoms with van der Waals surface area (Å²) in [5, 5.41) is 15.0.